The molecule has 5 heteroatoms. The van der Waals surface area contributed by atoms with Gasteiger partial charge in [-0.25, -0.2) is 0 Å². The van der Waals surface area contributed by atoms with Gasteiger partial charge in [0.25, 0.3) is 0 Å². The van der Waals surface area contributed by atoms with Crippen molar-refractivity contribution >= 4 is 23.4 Å². The number of carbonyl (C=O) groups excluding carboxylic acids is 1. The molecule has 0 radical (unpaired) electrons. The van der Waals surface area contributed by atoms with Gasteiger partial charge in [0.15, 0.2) is 0 Å². The molecule has 0 unspecified atom stereocenters. The van der Waals surface area contributed by atoms with Crippen LogP contribution in [0.3, 0.4) is 0 Å². The highest BCUT2D eigenvalue weighted by Gasteiger charge is 2.14. The highest BCUT2D eigenvalue weighted by molar-refractivity contribution is 8.02. The van der Waals surface area contributed by atoms with Crippen LogP contribution in [0.2, 0.25) is 0 Å². The summed E-state index contributed by atoms with van der Waals surface area (Å²) < 4.78 is 6.06. The molecule has 208 valence electrons. The fourth-order valence-corrected chi connectivity index (χ4v) is 5.61. The first kappa shape index (κ1) is 30.1. The van der Waals surface area contributed by atoms with Crippen LogP contribution in [0.4, 0.5) is 5.69 Å². The Hall–Kier alpha value is -2.40. The Morgan fingerprint density at radius 2 is 1.53 bits per heavy atom. The fraction of sp³-hybridized carbons (Fsp3) is 0.545. The van der Waals surface area contributed by atoms with Gasteiger partial charge in [-0.1, -0.05) is 102 Å². The Morgan fingerprint density at radius 1 is 0.868 bits per heavy atom. The monoisotopic (exact) mass is 536 g/mol. The molecule has 0 bridgehead atoms. The molecule has 0 aromatic heterocycles. The number of anilines is 1. The first-order chi connectivity index (χ1) is 18.7. The molecule has 1 heterocycles. The van der Waals surface area contributed by atoms with Gasteiger partial charge in [-0.15, -0.1) is 11.8 Å². The highest BCUT2D eigenvalue weighted by Crippen LogP contribution is 2.24. The third-order valence-electron chi connectivity index (χ3n) is 7.10. The minimum Gasteiger partial charge on any atom is -0.494 e. The van der Waals surface area contributed by atoms with Crippen molar-refractivity contribution < 1.29 is 9.53 Å². The maximum absolute atomic E-state index is 12.6. The van der Waals surface area contributed by atoms with Gasteiger partial charge in [0.05, 0.1) is 19.0 Å². The average Bonchev–Trinajstić information content (AvgIpc) is 3.43. The van der Waals surface area contributed by atoms with E-state index in [9.17, 15) is 4.79 Å². The zero-order valence-corrected chi connectivity index (χ0v) is 24.5. The summed E-state index contributed by atoms with van der Waals surface area (Å²) in [6.07, 6.45) is 18.3. The summed E-state index contributed by atoms with van der Waals surface area (Å²) in [7, 11) is 0. The smallest absolute Gasteiger partial charge is 0.224 e. The van der Waals surface area contributed by atoms with E-state index in [0.717, 1.165) is 42.4 Å². The first-order valence-electron chi connectivity index (χ1n) is 14.8. The molecule has 2 aromatic carbocycles. The van der Waals surface area contributed by atoms with E-state index in [1.807, 2.05) is 29.2 Å². The second-order valence-electron chi connectivity index (χ2n) is 10.5. The van der Waals surface area contributed by atoms with Crippen LogP contribution in [0.25, 0.3) is 0 Å². The van der Waals surface area contributed by atoms with Gasteiger partial charge in [-0.3, -0.25) is 4.79 Å². The van der Waals surface area contributed by atoms with Crippen LogP contribution in [-0.2, 0) is 17.9 Å². The Balaban J connectivity index is 1.37. The van der Waals surface area contributed by atoms with Gasteiger partial charge >= 0.3 is 0 Å². The molecule has 0 spiro atoms. The number of unbranched alkanes of at least 4 members (excludes halogenated alkanes) is 11. The van der Waals surface area contributed by atoms with E-state index in [1.54, 1.807) is 18.7 Å². The minimum atomic E-state index is 0.0431. The summed E-state index contributed by atoms with van der Waals surface area (Å²) in [6, 6.07) is 16.5. The lowest BCUT2D eigenvalue weighted by molar-refractivity contribution is -0.116. The largest absolute Gasteiger partial charge is 0.494 e. The average molecular weight is 537 g/mol. The van der Waals surface area contributed by atoms with Crippen LogP contribution < -0.4 is 9.64 Å². The van der Waals surface area contributed by atoms with Gasteiger partial charge in [0.2, 0.25) is 5.91 Å². The van der Waals surface area contributed by atoms with Crippen LogP contribution in [0.1, 0.15) is 102 Å². The molecule has 1 aliphatic rings. The number of benzene rings is 2. The van der Waals surface area contributed by atoms with Crippen LogP contribution in [-0.4, -0.2) is 23.3 Å². The zero-order valence-electron chi connectivity index (χ0n) is 23.7. The van der Waals surface area contributed by atoms with E-state index in [4.69, 9.17) is 4.74 Å². The van der Waals surface area contributed by atoms with Crippen molar-refractivity contribution in [2.24, 2.45) is 0 Å². The third-order valence-corrected chi connectivity index (χ3v) is 7.90. The SMILES string of the molecule is CCCCCCCCCCCCCCOc1cccc(CN(C(C)=O)c2cccc(CN3C=CSC3)c2)c1. The van der Waals surface area contributed by atoms with Crippen molar-refractivity contribution in [2.45, 2.75) is 104 Å². The van der Waals surface area contributed by atoms with Crippen molar-refractivity contribution in [3.05, 3.63) is 71.3 Å². The molecule has 0 fully saturated rings. The van der Waals surface area contributed by atoms with Crippen LogP contribution in [0.5, 0.6) is 5.75 Å². The summed E-state index contributed by atoms with van der Waals surface area (Å²) in [5, 5.41) is 2.12. The van der Waals surface area contributed by atoms with Crippen LogP contribution >= 0.6 is 11.8 Å². The number of ether oxygens (including phenoxy) is 1. The van der Waals surface area contributed by atoms with Gasteiger partial charge in [-0.2, -0.15) is 0 Å². The predicted octanol–water partition coefficient (Wildman–Crippen LogP) is 9.30. The molecule has 0 N–H and O–H groups in total. The Labute approximate surface area is 235 Å². The number of rotatable bonds is 19. The summed E-state index contributed by atoms with van der Waals surface area (Å²) in [4.78, 5) is 16.7. The molecule has 4 nitrogen and oxygen atoms in total. The zero-order chi connectivity index (χ0) is 26.8. The second-order valence-corrected chi connectivity index (χ2v) is 11.4. The summed E-state index contributed by atoms with van der Waals surface area (Å²) >= 11 is 1.80. The Bertz CT molecular complexity index is 977. The summed E-state index contributed by atoms with van der Waals surface area (Å²) in [6.45, 7) is 6.06. The number of amides is 1. The quantitative estimate of drug-likeness (QED) is 0.167. The maximum Gasteiger partial charge on any atom is 0.224 e. The lowest BCUT2D eigenvalue weighted by Crippen LogP contribution is -2.28. The van der Waals surface area contributed by atoms with Crippen molar-refractivity contribution in [3.8, 4) is 5.75 Å². The van der Waals surface area contributed by atoms with E-state index < -0.39 is 0 Å². The topological polar surface area (TPSA) is 32.8 Å². The normalized spacial score (nSPS) is 12.7. The number of hydrogen-bond acceptors (Lipinski definition) is 4. The summed E-state index contributed by atoms with van der Waals surface area (Å²) in [5.41, 5.74) is 3.23. The Morgan fingerprint density at radius 3 is 2.18 bits per heavy atom. The van der Waals surface area contributed by atoms with Gasteiger partial charge in [0, 0.05) is 25.4 Å². The highest BCUT2D eigenvalue weighted by atomic mass is 32.2. The predicted molar refractivity (Wildman–Crippen MR) is 163 cm³/mol. The van der Waals surface area contributed by atoms with Gasteiger partial charge < -0.3 is 14.5 Å². The van der Waals surface area contributed by atoms with E-state index in [2.05, 4.69) is 47.7 Å². The second kappa shape index (κ2) is 18.0. The number of hydrogen-bond donors (Lipinski definition) is 0. The molecule has 0 atom stereocenters. The molecular formula is C33H48N2O2S. The van der Waals surface area contributed by atoms with Crippen molar-refractivity contribution in [2.75, 3.05) is 17.4 Å². The molecular weight excluding hydrogens is 488 g/mol. The minimum absolute atomic E-state index is 0.0431. The van der Waals surface area contributed by atoms with Crippen molar-refractivity contribution in [1.82, 2.24) is 4.90 Å². The third kappa shape index (κ3) is 11.6. The first-order valence-corrected chi connectivity index (χ1v) is 15.8. The molecule has 0 saturated carbocycles. The van der Waals surface area contributed by atoms with E-state index >= 15 is 0 Å². The molecule has 0 aliphatic carbocycles. The fourth-order valence-electron chi connectivity index (χ4n) is 4.90. The van der Waals surface area contributed by atoms with E-state index in [0.29, 0.717) is 6.54 Å². The number of nitrogens with zero attached hydrogens (tertiary/aromatic N) is 2. The Kier molecular flexibility index (Phi) is 14.3. The number of carbonyl (C=O) groups is 1. The van der Waals surface area contributed by atoms with E-state index in [-0.39, 0.29) is 5.91 Å². The molecule has 1 amide bonds. The van der Waals surface area contributed by atoms with E-state index in [1.165, 1.54) is 76.2 Å². The molecule has 3 rings (SSSR count). The molecule has 1 aliphatic heterocycles. The van der Waals surface area contributed by atoms with Gasteiger partial charge in [0.1, 0.15) is 5.75 Å². The van der Waals surface area contributed by atoms with Gasteiger partial charge in [-0.05, 0) is 47.2 Å². The van der Waals surface area contributed by atoms with Crippen LogP contribution in [0.15, 0.2) is 60.1 Å². The standard InChI is InChI=1S/C33H48N2O2S/c1-3-4-5-6-7-8-9-10-11-12-13-14-22-37-33-20-16-18-31(25-33)27-35(29(2)36)32-19-15-17-30(24-32)26-34-21-23-38-28-34/h15-21,23-25H,3-14,22,26-28H2,1-2H3. The van der Waals surface area contributed by atoms with Crippen LogP contribution in [0, 0.1) is 0 Å². The van der Waals surface area contributed by atoms with Crippen molar-refractivity contribution in [3.63, 3.8) is 0 Å². The number of thioether (sulfide) groups is 1. The summed E-state index contributed by atoms with van der Waals surface area (Å²) in [5.74, 6) is 1.91. The van der Waals surface area contributed by atoms with Crippen molar-refractivity contribution in [1.29, 1.82) is 0 Å². The maximum atomic E-state index is 12.6. The lowest BCUT2D eigenvalue weighted by Gasteiger charge is -2.23. The molecule has 2 aromatic rings. The molecule has 38 heavy (non-hydrogen) atoms. The molecule has 0 saturated heterocycles. The lowest BCUT2D eigenvalue weighted by atomic mass is 10.1.